The van der Waals surface area contributed by atoms with Crippen LogP contribution >= 0.6 is 22.9 Å². The van der Waals surface area contributed by atoms with Crippen molar-refractivity contribution in [3.8, 4) is 0 Å². The minimum Gasteiger partial charge on any atom is -0.348 e. The smallest absolute Gasteiger partial charge is 0.286 e. The van der Waals surface area contributed by atoms with Crippen molar-refractivity contribution < 1.29 is 9.59 Å². The van der Waals surface area contributed by atoms with Gasteiger partial charge in [-0.2, -0.15) is 0 Å². The number of nitrogens with zero attached hydrogens (tertiary/aromatic N) is 2. The Morgan fingerprint density at radius 2 is 1.86 bits per heavy atom. The molecule has 0 saturated heterocycles. The summed E-state index contributed by atoms with van der Waals surface area (Å²) in [5.74, 6) is -0.151. The molecule has 0 aliphatic carbocycles. The molecule has 0 fully saturated rings. The van der Waals surface area contributed by atoms with Crippen molar-refractivity contribution in [1.29, 1.82) is 0 Å². The Labute approximate surface area is 178 Å². The van der Waals surface area contributed by atoms with Gasteiger partial charge in [0.25, 0.3) is 11.8 Å². The van der Waals surface area contributed by atoms with Crippen molar-refractivity contribution in [2.24, 2.45) is 5.92 Å². The van der Waals surface area contributed by atoms with Gasteiger partial charge in [0.1, 0.15) is 5.01 Å². The number of carbonyl (C=O) groups is 2. The van der Waals surface area contributed by atoms with Crippen LogP contribution in [0.5, 0.6) is 0 Å². The topological polar surface area (TPSA) is 84.0 Å². The summed E-state index contributed by atoms with van der Waals surface area (Å²) in [7, 11) is 0. The first-order valence-electron chi connectivity index (χ1n) is 9.18. The second kappa shape index (κ2) is 9.62. The molecule has 1 heterocycles. The van der Waals surface area contributed by atoms with Gasteiger partial charge in [-0.1, -0.05) is 61.1 Å². The minimum absolute atomic E-state index is 0.254. The van der Waals surface area contributed by atoms with E-state index in [4.69, 9.17) is 11.6 Å². The molecule has 2 N–H and O–H groups in total. The lowest BCUT2D eigenvalue weighted by Gasteiger charge is -2.08. The van der Waals surface area contributed by atoms with Gasteiger partial charge in [-0.05, 0) is 35.7 Å². The van der Waals surface area contributed by atoms with Crippen molar-refractivity contribution >= 4 is 40.4 Å². The third-order valence-electron chi connectivity index (χ3n) is 4.02. The molecule has 2 amide bonds. The van der Waals surface area contributed by atoms with Crippen LogP contribution in [0.4, 0.5) is 5.69 Å². The van der Waals surface area contributed by atoms with E-state index in [1.807, 2.05) is 18.2 Å². The average Bonchev–Trinajstić information content (AvgIpc) is 3.15. The predicted octanol–water partition coefficient (Wildman–Crippen LogP) is 4.57. The van der Waals surface area contributed by atoms with Gasteiger partial charge in [0, 0.05) is 29.2 Å². The molecule has 8 heteroatoms. The summed E-state index contributed by atoms with van der Waals surface area (Å²) >= 11 is 7.40. The number of anilines is 1. The summed E-state index contributed by atoms with van der Waals surface area (Å²) in [5, 5.41) is 15.4. The molecule has 29 heavy (non-hydrogen) atoms. The Morgan fingerprint density at radius 3 is 2.62 bits per heavy atom. The van der Waals surface area contributed by atoms with Crippen LogP contribution < -0.4 is 10.6 Å². The van der Waals surface area contributed by atoms with Crippen molar-refractivity contribution in [1.82, 2.24) is 15.5 Å². The number of rotatable bonds is 7. The van der Waals surface area contributed by atoms with E-state index in [0.29, 0.717) is 33.7 Å². The molecule has 0 unspecified atom stereocenters. The maximum absolute atomic E-state index is 12.5. The predicted molar refractivity (Wildman–Crippen MR) is 115 cm³/mol. The molecule has 0 aliphatic rings. The monoisotopic (exact) mass is 428 g/mol. The first-order valence-corrected chi connectivity index (χ1v) is 10.4. The van der Waals surface area contributed by atoms with E-state index in [9.17, 15) is 9.59 Å². The average molecular weight is 429 g/mol. The summed E-state index contributed by atoms with van der Waals surface area (Å²) in [5.41, 5.74) is 1.79. The molecular weight excluding hydrogens is 408 g/mol. The van der Waals surface area contributed by atoms with Crippen LogP contribution in [-0.2, 0) is 13.0 Å². The second-order valence-corrected chi connectivity index (χ2v) is 8.38. The van der Waals surface area contributed by atoms with Crippen molar-refractivity contribution in [2.45, 2.75) is 26.8 Å². The van der Waals surface area contributed by atoms with Gasteiger partial charge in [-0.25, -0.2) is 0 Å². The van der Waals surface area contributed by atoms with Gasteiger partial charge in [0.2, 0.25) is 5.01 Å². The highest BCUT2D eigenvalue weighted by Gasteiger charge is 2.15. The van der Waals surface area contributed by atoms with Crippen LogP contribution in [0.25, 0.3) is 0 Å². The van der Waals surface area contributed by atoms with Gasteiger partial charge in [-0.15, -0.1) is 10.2 Å². The van der Waals surface area contributed by atoms with E-state index in [1.54, 1.807) is 30.3 Å². The Morgan fingerprint density at radius 1 is 1.07 bits per heavy atom. The van der Waals surface area contributed by atoms with E-state index < -0.39 is 0 Å². The quantitative estimate of drug-likeness (QED) is 0.577. The van der Waals surface area contributed by atoms with Gasteiger partial charge in [0.05, 0.1) is 0 Å². The molecule has 0 radical (unpaired) electrons. The zero-order valence-electron chi connectivity index (χ0n) is 16.1. The maximum Gasteiger partial charge on any atom is 0.286 e. The molecule has 3 aromatic rings. The summed E-state index contributed by atoms with van der Waals surface area (Å²) in [6, 6.07) is 14.1. The number of nitrogens with one attached hydrogen (secondary N) is 2. The lowest BCUT2D eigenvalue weighted by Crippen LogP contribution is -2.23. The van der Waals surface area contributed by atoms with Crippen LogP contribution in [0.2, 0.25) is 5.02 Å². The highest BCUT2D eigenvalue weighted by molar-refractivity contribution is 7.13. The normalized spacial score (nSPS) is 10.8. The fourth-order valence-corrected chi connectivity index (χ4v) is 3.77. The zero-order valence-corrected chi connectivity index (χ0v) is 17.7. The number of carbonyl (C=O) groups excluding carboxylic acids is 2. The summed E-state index contributed by atoms with van der Waals surface area (Å²) in [6.45, 7) is 4.49. The van der Waals surface area contributed by atoms with Crippen LogP contribution in [-0.4, -0.2) is 22.0 Å². The van der Waals surface area contributed by atoms with Crippen LogP contribution in [0, 0.1) is 5.92 Å². The van der Waals surface area contributed by atoms with E-state index >= 15 is 0 Å². The third kappa shape index (κ3) is 5.85. The molecule has 0 aliphatic heterocycles. The molecule has 0 saturated carbocycles. The molecule has 0 bridgehead atoms. The number of hydrogen-bond donors (Lipinski definition) is 2. The molecule has 0 spiro atoms. The molecule has 3 rings (SSSR count). The van der Waals surface area contributed by atoms with E-state index in [0.717, 1.165) is 17.0 Å². The Kier molecular flexibility index (Phi) is 6.95. The largest absolute Gasteiger partial charge is 0.348 e. The molecule has 2 aromatic carbocycles. The Balaban J connectivity index is 1.62. The van der Waals surface area contributed by atoms with Gasteiger partial charge in [-0.3, -0.25) is 9.59 Å². The zero-order chi connectivity index (χ0) is 20.8. The molecule has 150 valence electrons. The molecular formula is C21H21ClN4O2S. The lowest BCUT2D eigenvalue weighted by atomic mass is 10.1. The Hall–Kier alpha value is -2.77. The Bertz CT molecular complexity index is 1020. The maximum atomic E-state index is 12.5. The standard InChI is InChI=1S/C21H21ClN4O2S/c1-13(2)10-18-25-26-21(29-18)20(28)24-16-8-5-7-14(11-16)19(27)23-12-15-6-3-4-9-17(15)22/h3-9,11,13H,10,12H2,1-2H3,(H,23,27)(H,24,28). The molecule has 1 aromatic heterocycles. The fraction of sp³-hybridized carbons (Fsp3) is 0.238. The summed E-state index contributed by atoms with van der Waals surface area (Å²) < 4.78 is 0. The first kappa shape index (κ1) is 21.0. The van der Waals surface area contributed by atoms with Crippen LogP contribution in [0.3, 0.4) is 0 Å². The van der Waals surface area contributed by atoms with Crippen molar-refractivity contribution in [3.63, 3.8) is 0 Å². The fourth-order valence-electron chi connectivity index (χ4n) is 2.62. The van der Waals surface area contributed by atoms with Crippen molar-refractivity contribution in [2.75, 3.05) is 5.32 Å². The number of halogens is 1. The van der Waals surface area contributed by atoms with E-state index in [-0.39, 0.29) is 11.8 Å². The van der Waals surface area contributed by atoms with Crippen LogP contribution in [0.1, 0.15) is 44.6 Å². The number of benzene rings is 2. The number of amides is 2. The molecule has 0 atom stereocenters. The van der Waals surface area contributed by atoms with Crippen LogP contribution in [0.15, 0.2) is 48.5 Å². The second-order valence-electron chi connectivity index (χ2n) is 6.91. The van der Waals surface area contributed by atoms with Crippen molar-refractivity contribution in [3.05, 3.63) is 74.7 Å². The number of hydrogen-bond acceptors (Lipinski definition) is 5. The third-order valence-corrected chi connectivity index (χ3v) is 5.34. The summed E-state index contributed by atoms with van der Waals surface area (Å²) in [4.78, 5) is 24.9. The minimum atomic E-state index is -0.342. The molecule has 6 nitrogen and oxygen atoms in total. The van der Waals surface area contributed by atoms with E-state index in [2.05, 4.69) is 34.7 Å². The highest BCUT2D eigenvalue weighted by atomic mass is 35.5. The van der Waals surface area contributed by atoms with Gasteiger partial charge < -0.3 is 10.6 Å². The summed E-state index contributed by atoms with van der Waals surface area (Å²) in [6.07, 6.45) is 0.784. The highest BCUT2D eigenvalue weighted by Crippen LogP contribution is 2.18. The SMILES string of the molecule is CC(C)Cc1nnc(C(=O)Nc2cccc(C(=O)NCc3ccccc3Cl)c2)s1. The first-order chi connectivity index (χ1) is 13.9. The van der Waals surface area contributed by atoms with E-state index in [1.165, 1.54) is 11.3 Å². The van der Waals surface area contributed by atoms with Gasteiger partial charge >= 0.3 is 0 Å². The van der Waals surface area contributed by atoms with Gasteiger partial charge in [0.15, 0.2) is 0 Å². The number of aromatic nitrogens is 2. The lowest BCUT2D eigenvalue weighted by molar-refractivity contribution is 0.0949.